The number of amides is 1. The number of nitrogens with zero attached hydrogens (tertiary/aromatic N) is 1. The number of halogens is 4. The van der Waals surface area contributed by atoms with E-state index in [0.717, 1.165) is 11.0 Å². The van der Waals surface area contributed by atoms with Gasteiger partial charge in [0.25, 0.3) is 0 Å². The van der Waals surface area contributed by atoms with Gasteiger partial charge in [-0.1, -0.05) is 27.5 Å². The molecule has 1 saturated heterocycles. The molecule has 1 unspecified atom stereocenters. The van der Waals surface area contributed by atoms with Gasteiger partial charge in [0.2, 0.25) is 15.0 Å². The second kappa shape index (κ2) is 5.20. The van der Waals surface area contributed by atoms with E-state index < -0.39 is 26.0 Å². The van der Waals surface area contributed by atoms with Gasteiger partial charge < -0.3 is 4.90 Å². The van der Waals surface area contributed by atoms with Gasteiger partial charge in [0.05, 0.1) is 10.7 Å². The van der Waals surface area contributed by atoms with Crippen LogP contribution in [0.3, 0.4) is 0 Å². The van der Waals surface area contributed by atoms with Crippen molar-refractivity contribution < 1.29 is 17.6 Å². The quantitative estimate of drug-likeness (QED) is 0.729. The summed E-state index contributed by atoms with van der Waals surface area (Å²) in [6.07, 6.45) is -0.280. The standard InChI is InChI=1S/C10H7BrCl2FNO3S/c11-5-1-7(12)10(8(14)2-5)15-4-6(3-9(15)16)19(13,17)18/h1-2,6H,3-4H2. The highest BCUT2D eigenvalue weighted by Gasteiger charge is 2.39. The van der Waals surface area contributed by atoms with Crippen molar-refractivity contribution in [1.82, 2.24) is 0 Å². The van der Waals surface area contributed by atoms with Crippen LogP contribution in [-0.2, 0) is 13.8 Å². The number of hydrogen-bond acceptors (Lipinski definition) is 3. The highest BCUT2D eigenvalue weighted by Crippen LogP contribution is 2.36. The Bertz CT molecular complexity index is 629. The van der Waals surface area contributed by atoms with Gasteiger partial charge in [0.15, 0.2) is 0 Å². The minimum Gasteiger partial charge on any atom is -0.307 e. The lowest BCUT2D eigenvalue weighted by atomic mass is 10.3. The van der Waals surface area contributed by atoms with Gasteiger partial charge in [-0.3, -0.25) is 4.79 Å². The monoisotopic (exact) mass is 389 g/mol. The number of anilines is 1. The molecule has 1 atom stereocenters. The van der Waals surface area contributed by atoms with E-state index in [1.807, 2.05) is 0 Å². The molecular formula is C10H7BrCl2FNO3S. The van der Waals surface area contributed by atoms with Crippen LogP contribution in [0.15, 0.2) is 16.6 Å². The summed E-state index contributed by atoms with van der Waals surface area (Å²) < 4.78 is 36.8. The molecule has 19 heavy (non-hydrogen) atoms. The highest BCUT2D eigenvalue weighted by molar-refractivity contribution is 9.10. The smallest absolute Gasteiger partial charge is 0.237 e. The minimum absolute atomic E-state index is 0.0212. The van der Waals surface area contributed by atoms with Crippen molar-refractivity contribution in [2.24, 2.45) is 0 Å². The van der Waals surface area contributed by atoms with Crippen LogP contribution >= 0.6 is 38.2 Å². The Hall–Kier alpha value is -0.370. The van der Waals surface area contributed by atoms with Crippen molar-refractivity contribution >= 4 is 58.9 Å². The van der Waals surface area contributed by atoms with Gasteiger partial charge in [0, 0.05) is 28.1 Å². The van der Waals surface area contributed by atoms with Crippen LogP contribution in [-0.4, -0.2) is 26.1 Å². The molecule has 0 aromatic heterocycles. The summed E-state index contributed by atoms with van der Waals surface area (Å²) in [6.45, 7) is -0.205. The molecule has 1 heterocycles. The topological polar surface area (TPSA) is 54.5 Å². The van der Waals surface area contributed by atoms with E-state index >= 15 is 0 Å². The summed E-state index contributed by atoms with van der Waals surface area (Å²) in [6, 6.07) is 2.58. The van der Waals surface area contributed by atoms with Gasteiger partial charge in [0.1, 0.15) is 11.1 Å². The van der Waals surface area contributed by atoms with E-state index in [0.29, 0.717) is 4.47 Å². The lowest BCUT2D eigenvalue weighted by Crippen LogP contribution is -2.27. The van der Waals surface area contributed by atoms with Crippen LogP contribution < -0.4 is 4.90 Å². The first-order valence-electron chi connectivity index (χ1n) is 5.08. The number of benzene rings is 1. The molecule has 1 aromatic carbocycles. The normalized spacial score (nSPS) is 20.1. The van der Waals surface area contributed by atoms with Gasteiger partial charge in [-0.2, -0.15) is 0 Å². The first kappa shape index (κ1) is 15.0. The molecule has 0 N–H and O–H groups in total. The Kier molecular flexibility index (Phi) is 4.11. The molecule has 0 bridgehead atoms. The lowest BCUT2D eigenvalue weighted by Gasteiger charge is -2.18. The van der Waals surface area contributed by atoms with E-state index in [9.17, 15) is 17.6 Å². The zero-order chi connectivity index (χ0) is 14.4. The van der Waals surface area contributed by atoms with Crippen molar-refractivity contribution in [3.63, 3.8) is 0 Å². The third kappa shape index (κ3) is 3.04. The molecule has 0 spiro atoms. The SMILES string of the molecule is O=C1CC(S(=O)(=O)Cl)CN1c1c(F)cc(Br)cc1Cl. The summed E-state index contributed by atoms with van der Waals surface area (Å²) in [5.41, 5.74) is -0.127. The number of rotatable bonds is 2. The molecule has 0 saturated carbocycles. The van der Waals surface area contributed by atoms with Crippen LogP contribution in [0, 0.1) is 5.82 Å². The Morgan fingerprint density at radius 3 is 2.53 bits per heavy atom. The zero-order valence-corrected chi connectivity index (χ0v) is 13.2. The zero-order valence-electron chi connectivity index (χ0n) is 9.24. The maximum atomic E-state index is 13.9. The molecule has 1 aromatic rings. The summed E-state index contributed by atoms with van der Waals surface area (Å²) >= 11 is 8.97. The van der Waals surface area contributed by atoms with E-state index in [-0.39, 0.29) is 23.7 Å². The first-order chi connectivity index (χ1) is 8.70. The van der Waals surface area contributed by atoms with Gasteiger partial charge >= 0.3 is 0 Å². The van der Waals surface area contributed by atoms with Crippen molar-refractivity contribution in [3.8, 4) is 0 Å². The molecule has 1 aliphatic heterocycles. The highest BCUT2D eigenvalue weighted by atomic mass is 79.9. The molecule has 1 aliphatic rings. The van der Waals surface area contributed by atoms with Crippen LogP contribution in [0.2, 0.25) is 5.02 Å². The van der Waals surface area contributed by atoms with E-state index in [1.54, 1.807) is 0 Å². The lowest BCUT2D eigenvalue weighted by molar-refractivity contribution is -0.117. The predicted octanol–water partition coefficient (Wildman–Crippen LogP) is 2.92. The third-order valence-electron chi connectivity index (χ3n) is 2.74. The van der Waals surface area contributed by atoms with Gasteiger partial charge in [-0.15, -0.1) is 0 Å². The van der Waals surface area contributed by atoms with Crippen LogP contribution in [0.25, 0.3) is 0 Å². The van der Waals surface area contributed by atoms with Crippen molar-refractivity contribution in [2.45, 2.75) is 11.7 Å². The average molecular weight is 391 g/mol. The van der Waals surface area contributed by atoms with E-state index in [2.05, 4.69) is 15.9 Å². The fourth-order valence-corrected chi connectivity index (χ4v) is 3.77. The molecule has 4 nitrogen and oxygen atoms in total. The molecule has 9 heteroatoms. The largest absolute Gasteiger partial charge is 0.307 e. The summed E-state index contributed by atoms with van der Waals surface area (Å²) in [5, 5.41) is -1.03. The first-order valence-corrected chi connectivity index (χ1v) is 8.63. The predicted molar refractivity (Wildman–Crippen MR) is 74.6 cm³/mol. The summed E-state index contributed by atoms with van der Waals surface area (Å²) in [5.74, 6) is -1.24. The Labute approximate surface area is 127 Å². The third-order valence-corrected chi connectivity index (χ3v) is 5.35. The van der Waals surface area contributed by atoms with Gasteiger partial charge in [-0.05, 0) is 12.1 Å². The molecule has 0 aliphatic carbocycles. The van der Waals surface area contributed by atoms with Crippen molar-refractivity contribution in [2.75, 3.05) is 11.4 Å². The fourth-order valence-electron chi connectivity index (χ4n) is 1.87. The minimum atomic E-state index is -3.88. The Balaban J connectivity index is 2.42. The van der Waals surface area contributed by atoms with Crippen LogP contribution in [0.5, 0.6) is 0 Å². The second-order valence-electron chi connectivity index (χ2n) is 4.02. The molecule has 1 fully saturated rings. The van der Waals surface area contributed by atoms with Crippen molar-refractivity contribution in [3.05, 3.63) is 27.4 Å². The Morgan fingerprint density at radius 1 is 1.42 bits per heavy atom. The van der Waals surface area contributed by atoms with E-state index in [1.165, 1.54) is 6.07 Å². The second-order valence-corrected chi connectivity index (χ2v) is 8.26. The van der Waals surface area contributed by atoms with Crippen molar-refractivity contribution in [1.29, 1.82) is 0 Å². The molecular weight excluding hydrogens is 384 g/mol. The number of hydrogen-bond donors (Lipinski definition) is 0. The molecule has 0 radical (unpaired) electrons. The fraction of sp³-hybridized carbons (Fsp3) is 0.300. The molecule has 1 amide bonds. The Morgan fingerprint density at radius 2 is 2.05 bits per heavy atom. The average Bonchev–Trinajstić information content (AvgIpc) is 2.59. The van der Waals surface area contributed by atoms with Crippen LogP contribution in [0.1, 0.15) is 6.42 Å². The van der Waals surface area contributed by atoms with E-state index in [4.69, 9.17) is 22.3 Å². The maximum Gasteiger partial charge on any atom is 0.237 e. The number of carbonyl (C=O) groups is 1. The molecule has 104 valence electrons. The molecule has 2 rings (SSSR count). The summed E-state index contributed by atoms with van der Waals surface area (Å²) in [4.78, 5) is 12.8. The van der Waals surface area contributed by atoms with Gasteiger partial charge in [-0.25, -0.2) is 12.8 Å². The summed E-state index contributed by atoms with van der Waals surface area (Å²) in [7, 11) is 1.35. The number of carbonyl (C=O) groups excluding carboxylic acids is 1. The maximum absolute atomic E-state index is 13.9. The van der Waals surface area contributed by atoms with Crippen LogP contribution in [0.4, 0.5) is 10.1 Å².